The van der Waals surface area contributed by atoms with Gasteiger partial charge in [0.1, 0.15) is 27.2 Å². The van der Waals surface area contributed by atoms with Crippen LogP contribution in [0.15, 0.2) is 35.5 Å². The molecule has 0 aliphatic heterocycles. The number of carbonyl (C=O) groups excluding carboxylic acids is 1. The van der Waals surface area contributed by atoms with Gasteiger partial charge in [0.25, 0.3) is 15.9 Å². The number of alkyl halides is 3. The maximum absolute atomic E-state index is 13.8. The number of nitrogens with one attached hydrogen (secondary N) is 1. The van der Waals surface area contributed by atoms with E-state index in [9.17, 15) is 26.4 Å². The summed E-state index contributed by atoms with van der Waals surface area (Å²) in [6.45, 7) is 7.29. The normalized spacial score (nSPS) is 20.0. The fourth-order valence-corrected chi connectivity index (χ4v) is 7.77. The van der Waals surface area contributed by atoms with Gasteiger partial charge in [-0.2, -0.15) is 18.3 Å². The molecule has 3 aromatic heterocycles. The summed E-state index contributed by atoms with van der Waals surface area (Å²) >= 11 is 0. The Hall–Kier alpha value is -3.10. The van der Waals surface area contributed by atoms with Gasteiger partial charge in [0.15, 0.2) is 5.82 Å². The first-order valence-electron chi connectivity index (χ1n) is 15.1. The van der Waals surface area contributed by atoms with Crippen LogP contribution in [0.4, 0.5) is 13.2 Å². The van der Waals surface area contributed by atoms with E-state index >= 15 is 0 Å². The molecule has 0 bridgehead atoms. The molecule has 1 unspecified atom stereocenters. The molecule has 1 fully saturated rings. The molecule has 19 heteroatoms. The number of halogens is 3. The van der Waals surface area contributed by atoms with Gasteiger partial charge < -0.3 is 4.74 Å². The molecule has 3 heterocycles. The minimum atomic E-state index is -4.46. The van der Waals surface area contributed by atoms with E-state index in [4.69, 9.17) is 9.72 Å². The maximum Gasteiger partial charge on any atom is 0.397 e. The third-order valence-corrected chi connectivity index (χ3v) is 11.5. The maximum atomic E-state index is 13.8. The van der Waals surface area contributed by atoms with E-state index in [0.29, 0.717) is 17.9 Å². The third-order valence-electron chi connectivity index (χ3n) is 10.0. The number of carbonyl (C=O) groups is 1. The monoisotopic (exact) mass is 656 g/mol. The predicted molar refractivity (Wildman–Crippen MR) is 182 cm³/mol. The molecular weight excluding hydrogens is 615 g/mol. The average Bonchev–Trinajstić information content (AvgIpc) is 3.56. The van der Waals surface area contributed by atoms with Gasteiger partial charge in [0, 0.05) is 31.4 Å². The lowest BCUT2D eigenvalue weighted by Gasteiger charge is -2.46. The number of hydrogen-bond acceptors (Lipinski definition) is 7. The number of amides is 1. The number of ether oxygens (including phenoxy) is 1. The first-order valence-corrected chi connectivity index (χ1v) is 16.6. The molecule has 1 amide bonds. The number of nitrogens with zero attached hydrogens (tertiary/aromatic N) is 5. The number of hydrogen-bond donors (Lipinski definition) is 1. The summed E-state index contributed by atoms with van der Waals surface area (Å²) in [5, 5.41) is 8.11. The van der Waals surface area contributed by atoms with Crippen molar-refractivity contribution < 1.29 is 31.1 Å². The second kappa shape index (κ2) is 11.6. The van der Waals surface area contributed by atoms with Crippen molar-refractivity contribution in [1.82, 2.24) is 29.3 Å². The van der Waals surface area contributed by atoms with Crippen LogP contribution >= 0.6 is 0 Å². The predicted octanol–water partition coefficient (Wildman–Crippen LogP) is -0.120. The van der Waals surface area contributed by atoms with E-state index in [0.717, 1.165) is 13.8 Å². The molecule has 0 spiro atoms. The summed E-state index contributed by atoms with van der Waals surface area (Å²) in [4.78, 5) is 18.6. The number of aryl methyl sites for hydroxylation is 2. The Bertz CT molecular complexity index is 1750. The summed E-state index contributed by atoms with van der Waals surface area (Å²) in [7, 11) is 8.31. The zero-order chi connectivity index (χ0) is 34.8. The van der Waals surface area contributed by atoms with Crippen molar-refractivity contribution in [3.05, 3.63) is 47.5 Å². The fourth-order valence-electron chi connectivity index (χ4n) is 6.58. The van der Waals surface area contributed by atoms with E-state index < -0.39 is 34.1 Å². The van der Waals surface area contributed by atoms with Gasteiger partial charge in [-0.05, 0) is 44.7 Å². The van der Waals surface area contributed by atoms with E-state index in [1.807, 2.05) is 0 Å². The number of rotatable bonds is 9. The van der Waals surface area contributed by atoms with Crippen molar-refractivity contribution in [2.24, 2.45) is 23.8 Å². The Kier molecular flexibility index (Phi) is 8.98. The largest absolute Gasteiger partial charge is 0.476 e. The first-order chi connectivity index (χ1) is 20.8. The first kappa shape index (κ1) is 35.8. The van der Waals surface area contributed by atoms with Crippen molar-refractivity contribution in [2.75, 3.05) is 6.61 Å². The number of aromatic nitrogens is 5. The van der Waals surface area contributed by atoms with E-state index in [-0.39, 0.29) is 49.6 Å². The second-order valence-corrected chi connectivity index (χ2v) is 16.9. The van der Waals surface area contributed by atoms with Gasteiger partial charge in [-0.3, -0.25) is 9.48 Å². The van der Waals surface area contributed by atoms with Crippen LogP contribution in [0.5, 0.6) is 5.88 Å². The van der Waals surface area contributed by atoms with Gasteiger partial charge in [0.2, 0.25) is 5.88 Å². The van der Waals surface area contributed by atoms with E-state index in [1.165, 1.54) is 40.0 Å². The van der Waals surface area contributed by atoms with Crippen molar-refractivity contribution >= 4 is 55.2 Å². The number of sulfonamides is 1. The van der Waals surface area contributed by atoms with Crippen LogP contribution in [0.3, 0.4) is 0 Å². The van der Waals surface area contributed by atoms with Crippen molar-refractivity contribution in [3.8, 4) is 11.7 Å². The number of pyridine rings is 1. The van der Waals surface area contributed by atoms with Gasteiger partial charge in [-0.1, -0.05) is 25.0 Å². The highest BCUT2D eigenvalue weighted by Crippen LogP contribution is 2.67. The summed E-state index contributed by atoms with van der Waals surface area (Å²) in [6, 6.07) is 4.47. The molecule has 0 aromatic carbocycles. The van der Waals surface area contributed by atoms with Gasteiger partial charge in [-0.15, -0.1) is 10.2 Å². The summed E-state index contributed by atoms with van der Waals surface area (Å²) in [6.07, 6.45) is -0.927. The third kappa shape index (κ3) is 6.53. The zero-order valence-electron chi connectivity index (χ0n) is 28.4. The van der Waals surface area contributed by atoms with Crippen LogP contribution in [0.2, 0.25) is 10.3 Å². The molecule has 0 saturated heterocycles. The summed E-state index contributed by atoms with van der Waals surface area (Å²) < 4.78 is 76.9. The van der Waals surface area contributed by atoms with Gasteiger partial charge >= 0.3 is 6.18 Å². The molecule has 1 saturated carbocycles. The summed E-state index contributed by atoms with van der Waals surface area (Å²) in [5.74, 6) is -0.575. The molecular formula is C27H40B5F3N6O4S. The van der Waals surface area contributed by atoms with Crippen LogP contribution in [-0.2, 0) is 17.1 Å². The second-order valence-electron chi connectivity index (χ2n) is 15.2. The zero-order valence-corrected chi connectivity index (χ0v) is 29.2. The molecule has 2 atom stereocenters. The highest BCUT2D eigenvalue weighted by molar-refractivity contribution is 7.90. The van der Waals surface area contributed by atoms with Crippen molar-refractivity contribution in [3.63, 3.8) is 0 Å². The SMILES string of the molecule is BC(B)(B)[C@@H]1CC(c2nc(-n3ccc(OCC(C)(C)C(F)(F)F)n3)ccc2C(=O)NS(=O)(=O)c2cn(C)nc2C)C(C)(C)C1(B)B. The molecule has 1 aliphatic rings. The molecule has 1 N–H and O–H groups in total. The van der Waals surface area contributed by atoms with Crippen LogP contribution < -0.4 is 9.46 Å². The Morgan fingerprint density at radius 1 is 1.13 bits per heavy atom. The van der Waals surface area contributed by atoms with E-state index in [2.05, 4.69) is 68.0 Å². The Morgan fingerprint density at radius 2 is 1.76 bits per heavy atom. The minimum Gasteiger partial charge on any atom is -0.476 e. The molecule has 46 heavy (non-hydrogen) atoms. The average molecular weight is 656 g/mol. The molecule has 1 aliphatic carbocycles. The van der Waals surface area contributed by atoms with E-state index in [1.54, 1.807) is 14.0 Å². The van der Waals surface area contributed by atoms with Gasteiger partial charge in [-0.25, -0.2) is 22.8 Å². The van der Waals surface area contributed by atoms with Crippen LogP contribution in [0.1, 0.15) is 61.8 Å². The van der Waals surface area contributed by atoms with Crippen LogP contribution in [0.25, 0.3) is 5.82 Å². The van der Waals surface area contributed by atoms with Crippen molar-refractivity contribution in [2.45, 2.75) is 68.4 Å². The Balaban J connectivity index is 1.78. The fraction of sp³-hybridized carbons (Fsp3) is 0.556. The topological polar surface area (TPSA) is 121 Å². The molecule has 3 aromatic rings. The highest BCUT2D eigenvalue weighted by atomic mass is 32.2. The smallest absolute Gasteiger partial charge is 0.397 e. The lowest BCUT2D eigenvalue weighted by molar-refractivity contribution is -0.219. The lowest BCUT2D eigenvalue weighted by atomic mass is 9.28. The quantitative estimate of drug-likeness (QED) is 0.319. The molecule has 4 rings (SSSR count). The van der Waals surface area contributed by atoms with Crippen LogP contribution in [-0.4, -0.2) is 90.9 Å². The summed E-state index contributed by atoms with van der Waals surface area (Å²) in [5.41, 5.74) is -1.71. The highest BCUT2D eigenvalue weighted by Gasteiger charge is 2.58. The molecule has 10 nitrogen and oxygen atoms in total. The lowest BCUT2D eigenvalue weighted by Crippen LogP contribution is -2.40. The standard InChI is InChI=1S/C27H40B5F3N6O4S/c1-14-17(12-40(6)37-14)46(43,44)39-22(42)15-7-8-19(41-10-9-20(38-41)45-13-23(2,3)27(33,34)35)36-21(15)16-11-18(26(30,31)32)25(28,29)24(16,4)5/h7-10,12,16,18H,11,13,28-32H2,1-6H3,(H,39,42)/t16?,18-/m1/s1. The van der Waals surface area contributed by atoms with Crippen molar-refractivity contribution in [1.29, 1.82) is 0 Å². The Morgan fingerprint density at radius 3 is 2.28 bits per heavy atom. The minimum absolute atomic E-state index is 0.0180. The molecule has 0 radical (unpaired) electrons. The molecule has 244 valence electrons. The Labute approximate surface area is 273 Å². The van der Waals surface area contributed by atoms with Crippen LogP contribution in [0, 0.1) is 23.7 Å². The van der Waals surface area contributed by atoms with Gasteiger partial charge in [0.05, 0.1) is 45.9 Å².